The van der Waals surface area contributed by atoms with Crippen LogP contribution < -0.4 is 5.32 Å². The quantitative estimate of drug-likeness (QED) is 0.721. The minimum atomic E-state index is 0.0440. The van der Waals surface area contributed by atoms with Gasteiger partial charge in [-0.1, -0.05) is 0 Å². The van der Waals surface area contributed by atoms with Crippen molar-refractivity contribution in [2.45, 2.75) is 13.0 Å². The van der Waals surface area contributed by atoms with E-state index >= 15 is 0 Å². The minimum absolute atomic E-state index is 0.0440. The Morgan fingerprint density at radius 2 is 2.28 bits per heavy atom. The zero-order valence-electron chi connectivity index (χ0n) is 9.38. The van der Waals surface area contributed by atoms with Crippen molar-refractivity contribution in [2.24, 2.45) is 0 Å². The summed E-state index contributed by atoms with van der Waals surface area (Å²) in [6.45, 7) is 2.01. The van der Waals surface area contributed by atoms with Crippen LogP contribution >= 0.6 is 22.9 Å². The van der Waals surface area contributed by atoms with Crippen LogP contribution in [0.2, 0.25) is 5.28 Å². The summed E-state index contributed by atoms with van der Waals surface area (Å²) in [6.07, 6.45) is 3.34. The molecule has 0 amide bonds. The van der Waals surface area contributed by atoms with Crippen molar-refractivity contribution in [3.8, 4) is 0 Å². The molecule has 0 saturated heterocycles. The molecule has 0 spiro atoms. The van der Waals surface area contributed by atoms with Gasteiger partial charge in [0.2, 0.25) is 5.28 Å². The highest BCUT2D eigenvalue weighted by Crippen LogP contribution is 2.24. The fraction of sp³-hybridized carbons (Fsp3) is 0.200. The zero-order chi connectivity index (χ0) is 12.5. The van der Waals surface area contributed by atoms with Crippen LogP contribution in [0, 0.1) is 0 Å². The maximum Gasteiger partial charge on any atom is 0.226 e. The van der Waals surface area contributed by atoms with Gasteiger partial charge in [-0.3, -0.25) is 0 Å². The van der Waals surface area contributed by atoms with Gasteiger partial charge in [-0.25, -0.2) is 9.97 Å². The molecule has 92 valence electrons. The molecule has 6 nitrogen and oxygen atoms in total. The Balaban J connectivity index is 1.97. The highest BCUT2D eigenvalue weighted by molar-refractivity contribution is 7.09. The van der Waals surface area contributed by atoms with Gasteiger partial charge < -0.3 is 10.3 Å². The Kier molecular flexibility index (Phi) is 2.85. The summed E-state index contributed by atoms with van der Waals surface area (Å²) in [5.74, 6) is 0.630. The molecular formula is C10H9ClN6S. The van der Waals surface area contributed by atoms with Gasteiger partial charge in [0.15, 0.2) is 11.5 Å². The molecular weight excluding hydrogens is 272 g/mol. The third kappa shape index (κ3) is 2.02. The Labute approximate surface area is 111 Å². The van der Waals surface area contributed by atoms with E-state index in [0.717, 1.165) is 10.5 Å². The van der Waals surface area contributed by atoms with Crippen molar-refractivity contribution in [1.29, 1.82) is 0 Å². The van der Waals surface area contributed by atoms with E-state index in [0.29, 0.717) is 11.5 Å². The van der Waals surface area contributed by atoms with E-state index in [-0.39, 0.29) is 11.3 Å². The monoisotopic (exact) mass is 280 g/mol. The van der Waals surface area contributed by atoms with Crippen LogP contribution in [0.25, 0.3) is 11.2 Å². The predicted molar refractivity (Wildman–Crippen MR) is 70.8 cm³/mol. The van der Waals surface area contributed by atoms with Gasteiger partial charge >= 0.3 is 0 Å². The number of imidazole rings is 1. The topological polar surface area (TPSA) is 79.4 Å². The van der Waals surface area contributed by atoms with E-state index in [1.54, 1.807) is 23.9 Å². The van der Waals surface area contributed by atoms with E-state index in [9.17, 15) is 0 Å². The largest absolute Gasteiger partial charge is 0.359 e. The predicted octanol–water partition coefficient (Wildman–Crippen LogP) is 2.64. The van der Waals surface area contributed by atoms with E-state index in [1.165, 1.54) is 0 Å². The van der Waals surface area contributed by atoms with Gasteiger partial charge in [-0.2, -0.15) is 9.97 Å². The standard InChI is InChI=1S/C10H9ClN6S/c1-5(9-12-2-3-18-9)15-8-6-7(14-4-13-6)16-10(11)17-8/h2-5H,1H3,(H2,13,14,15,16,17). The number of halogens is 1. The van der Waals surface area contributed by atoms with Crippen molar-refractivity contribution >= 4 is 39.9 Å². The summed E-state index contributed by atoms with van der Waals surface area (Å²) >= 11 is 7.45. The summed E-state index contributed by atoms with van der Waals surface area (Å²) in [5, 5.41) is 6.35. The first-order valence-corrected chi connectivity index (χ1v) is 6.52. The molecule has 3 heterocycles. The second-order valence-electron chi connectivity index (χ2n) is 3.68. The molecule has 3 aromatic heterocycles. The van der Waals surface area contributed by atoms with Gasteiger partial charge in [-0.15, -0.1) is 11.3 Å². The number of fused-ring (bicyclic) bond motifs is 1. The van der Waals surface area contributed by atoms with Crippen LogP contribution in [-0.2, 0) is 0 Å². The third-order valence-corrected chi connectivity index (χ3v) is 3.56. The van der Waals surface area contributed by atoms with E-state index in [4.69, 9.17) is 11.6 Å². The second kappa shape index (κ2) is 4.51. The lowest BCUT2D eigenvalue weighted by molar-refractivity contribution is 0.861. The maximum atomic E-state index is 5.86. The first-order valence-electron chi connectivity index (χ1n) is 5.26. The Hall–Kier alpha value is -1.73. The van der Waals surface area contributed by atoms with Crippen LogP contribution in [0.5, 0.6) is 0 Å². The summed E-state index contributed by atoms with van der Waals surface area (Å²) in [5.41, 5.74) is 1.28. The molecule has 8 heteroatoms. The molecule has 0 aliphatic carbocycles. The van der Waals surface area contributed by atoms with Crippen LogP contribution in [-0.4, -0.2) is 24.9 Å². The van der Waals surface area contributed by atoms with Crippen molar-refractivity contribution in [3.63, 3.8) is 0 Å². The fourth-order valence-corrected chi connectivity index (χ4v) is 2.44. The lowest BCUT2D eigenvalue weighted by Gasteiger charge is -2.12. The number of rotatable bonds is 3. The van der Waals surface area contributed by atoms with E-state index < -0.39 is 0 Å². The van der Waals surface area contributed by atoms with Crippen LogP contribution in [0.3, 0.4) is 0 Å². The Bertz CT molecular complexity index is 664. The fourth-order valence-electron chi connectivity index (χ4n) is 1.63. The van der Waals surface area contributed by atoms with Crippen molar-refractivity contribution in [3.05, 3.63) is 28.2 Å². The molecule has 0 aliphatic heterocycles. The second-order valence-corrected chi connectivity index (χ2v) is 4.94. The molecule has 0 fully saturated rings. The van der Waals surface area contributed by atoms with E-state index in [2.05, 4.69) is 30.2 Å². The number of aromatic amines is 1. The highest BCUT2D eigenvalue weighted by atomic mass is 35.5. The van der Waals surface area contributed by atoms with Crippen molar-refractivity contribution < 1.29 is 0 Å². The zero-order valence-corrected chi connectivity index (χ0v) is 11.0. The van der Waals surface area contributed by atoms with Crippen LogP contribution in [0.4, 0.5) is 5.82 Å². The molecule has 3 aromatic rings. The average molecular weight is 281 g/mol. The normalized spacial score (nSPS) is 12.8. The molecule has 18 heavy (non-hydrogen) atoms. The molecule has 0 aliphatic rings. The number of thiazole rings is 1. The lowest BCUT2D eigenvalue weighted by atomic mass is 10.3. The summed E-state index contributed by atoms with van der Waals surface area (Å²) in [6, 6.07) is 0.0440. The number of aromatic nitrogens is 5. The summed E-state index contributed by atoms with van der Waals surface area (Å²) in [7, 11) is 0. The van der Waals surface area contributed by atoms with Gasteiger partial charge in [-0.05, 0) is 18.5 Å². The first-order chi connectivity index (χ1) is 8.74. The SMILES string of the molecule is CC(Nc1nc(Cl)nc2nc[nH]c12)c1nccs1. The molecule has 1 unspecified atom stereocenters. The average Bonchev–Trinajstić information content (AvgIpc) is 2.98. The Morgan fingerprint density at radius 3 is 3.06 bits per heavy atom. The summed E-state index contributed by atoms with van der Waals surface area (Å²) in [4.78, 5) is 19.5. The van der Waals surface area contributed by atoms with Gasteiger partial charge in [0.05, 0.1) is 12.4 Å². The number of hydrogen-bond acceptors (Lipinski definition) is 6. The maximum absolute atomic E-state index is 5.86. The number of anilines is 1. The van der Waals surface area contributed by atoms with Gasteiger partial charge in [0, 0.05) is 11.6 Å². The first kappa shape index (κ1) is 11.4. The molecule has 0 bridgehead atoms. The molecule has 0 aromatic carbocycles. The highest BCUT2D eigenvalue weighted by Gasteiger charge is 2.13. The molecule has 2 N–H and O–H groups in total. The van der Waals surface area contributed by atoms with Gasteiger partial charge in [0.25, 0.3) is 0 Å². The number of H-pyrrole nitrogens is 1. The van der Waals surface area contributed by atoms with Crippen molar-refractivity contribution in [1.82, 2.24) is 24.9 Å². The molecule has 3 rings (SSSR count). The minimum Gasteiger partial charge on any atom is -0.359 e. The number of nitrogens with one attached hydrogen (secondary N) is 2. The van der Waals surface area contributed by atoms with Crippen LogP contribution in [0.1, 0.15) is 18.0 Å². The molecule has 0 saturated carbocycles. The number of hydrogen-bond donors (Lipinski definition) is 2. The molecule has 1 atom stereocenters. The lowest BCUT2D eigenvalue weighted by Crippen LogP contribution is -2.08. The molecule has 0 radical (unpaired) electrons. The third-order valence-electron chi connectivity index (χ3n) is 2.43. The number of nitrogens with zero attached hydrogens (tertiary/aromatic N) is 4. The van der Waals surface area contributed by atoms with Crippen molar-refractivity contribution in [2.75, 3.05) is 5.32 Å². The summed E-state index contributed by atoms with van der Waals surface area (Å²) < 4.78 is 0. The van der Waals surface area contributed by atoms with Crippen LogP contribution in [0.15, 0.2) is 17.9 Å². The smallest absolute Gasteiger partial charge is 0.226 e. The Morgan fingerprint density at radius 1 is 1.39 bits per heavy atom. The van der Waals surface area contributed by atoms with Gasteiger partial charge in [0.1, 0.15) is 10.5 Å². The van der Waals surface area contributed by atoms with E-state index in [1.807, 2.05) is 12.3 Å².